The van der Waals surface area contributed by atoms with E-state index in [4.69, 9.17) is 14.5 Å². The zero-order valence-electron chi connectivity index (χ0n) is 20.4. The Morgan fingerprint density at radius 2 is 2.09 bits per heavy atom. The Balaban J connectivity index is 1.66. The summed E-state index contributed by atoms with van der Waals surface area (Å²) in [6, 6.07) is 9.82. The first-order valence-corrected chi connectivity index (χ1v) is 11.9. The van der Waals surface area contributed by atoms with Gasteiger partial charge in [-0.3, -0.25) is 9.59 Å². The van der Waals surface area contributed by atoms with Crippen molar-refractivity contribution in [3.63, 3.8) is 0 Å². The van der Waals surface area contributed by atoms with Crippen LogP contribution in [0, 0.1) is 11.3 Å². The molecule has 9 nitrogen and oxygen atoms in total. The molecule has 184 valence electrons. The average molecular weight is 478 g/mol. The highest BCUT2D eigenvalue weighted by molar-refractivity contribution is 5.82. The summed E-state index contributed by atoms with van der Waals surface area (Å²) in [7, 11) is 3.15. The molecule has 0 spiro atoms. The van der Waals surface area contributed by atoms with E-state index in [9.17, 15) is 14.9 Å². The van der Waals surface area contributed by atoms with E-state index in [0.717, 1.165) is 29.7 Å². The van der Waals surface area contributed by atoms with Crippen LogP contribution >= 0.6 is 0 Å². The molecule has 1 aromatic heterocycles. The van der Waals surface area contributed by atoms with Gasteiger partial charge in [0, 0.05) is 44.3 Å². The summed E-state index contributed by atoms with van der Waals surface area (Å²) in [5.41, 5.74) is 3.79. The number of benzene rings is 1. The summed E-state index contributed by atoms with van der Waals surface area (Å²) in [5, 5.41) is 12.7. The third-order valence-electron chi connectivity index (χ3n) is 6.61. The normalized spacial score (nSPS) is 17.6. The van der Waals surface area contributed by atoms with Crippen molar-refractivity contribution in [3.8, 4) is 22.9 Å². The monoisotopic (exact) mass is 477 g/mol. The van der Waals surface area contributed by atoms with Crippen molar-refractivity contribution < 1.29 is 19.1 Å². The lowest BCUT2D eigenvalue weighted by atomic mass is 9.98. The number of hydrogen-bond acceptors (Lipinski definition) is 7. The number of methoxy groups -OCH3 is 2. The molecule has 2 amide bonds. The summed E-state index contributed by atoms with van der Waals surface area (Å²) >= 11 is 0. The zero-order chi connectivity index (χ0) is 24.9. The van der Waals surface area contributed by atoms with Crippen LogP contribution in [0.1, 0.15) is 43.4 Å². The van der Waals surface area contributed by atoms with Crippen LogP contribution in [-0.4, -0.2) is 68.7 Å². The lowest BCUT2D eigenvalue weighted by molar-refractivity contribution is -0.134. The van der Waals surface area contributed by atoms with Gasteiger partial charge in [-0.05, 0) is 43.5 Å². The molecular weight excluding hydrogens is 446 g/mol. The summed E-state index contributed by atoms with van der Waals surface area (Å²) in [6.45, 7) is 4.24. The minimum atomic E-state index is 0.00376. The Labute approximate surface area is 205 Å². The molecule has 9 heteroatoms. The number of ether oxygens (including phenoxy) is 2. The first kappa shape index (κ1) is 24.5. The first-order valence-electron chi connectivity index (χ1n) is 11.9. The van der Waals surface area contributed by atoms with Gasteiger partial charge in [-0.1, -0.05) is 6.07 Å². The molecule has 2 heterocycles. The van der Waals surface area contributed by atoms with E-state index in [1.807, 2.05) is 30.0 Å². The molecule has 0 bridgehead atoms. The fourth-order valence-electron chi connectivity index (χ4n) is 4.65. The number of rotatable bonds is 9. The van der Waals surface area contributed by atoms with Gasteiger partial charge >= 0.3 is 0 Å². The maximum Gasteiger partial charge on any atom is 0.225 e. The fraction of sp³-hybridized carbons (Fsp3) is 0.462. The van der Waals surface area contributed by atoms with Crippen LogP contribution in [0.3, 0.4) is 0 Å². The number of piperazine rings is 1. The van der Waals surface area contributed by atoms with Crippen LogP contribution in [0.5, 0.6) is 5.75 Å². The summed E-state index contributed by atoms with van der Waals surface area (Å²) in [5.74, 6) is 1.66. The molecule has 1 aliphatic carbocycles. The molecule has 1 atom stereocenters. The van der Waals surface area contributed by atoms with Gasteiger partial charge in [-0.15, -0.1) is 0 Å². The largest absolute Gasteiger partial charge is 0.495 e. The van der Waals surface area contributed by atoms with Crippen molar-refractivity contribution in [3.05, 3.63) is 35.5 Å². The highest BCUT2D eigenvalue weighted by atomic mass is 16.5. The van der Waals surface area contributed by atoms with Gasteiger partial charge in [0.1, 0.15) is 17.6 Å². The molecular formula is C26H31N5O4. The second-order valence-corrected chi connectivity index (χ2v) is 8.98. The van der Waals surface area contributed by atoms with E-state index in [1.54, 1.807) is 20.3 Å². The van der Waals surface area contributed by atoms with E-state index in [0.29, 0.717) is 67.8 Å². The standard InChI is InChI=1S/C26H31N5O4/c1-17-15-30(9-10-31(17)24(33)8-11-34-2)26-20(14-27)12-21(25(29-26)18-4-5-18)19-6-7-23(35-3)22(13-19)28-16-32/h6-7,12-13,16-18H,4-5,8-11,15H2,1-3H3,(H,28,32). The number of nitriles is 1. The van der Waals surface area contributed by atoms with Gasteiger partial charge < -0.3 is 24.6 Å². The molecule has 1 unspecified atom stereocenters. The zero-order valence-corrected chi connectivity index (χ0v) is 20.4. The molecule has 0 radical (unpaired) electrons. The molecule has 35 heavy (non-hydrogen) atoms. The van der Waals surface area contributed by atoms with Gasteiger partial charge in [-0.25, -0.2) is 4.98 Å². The number of carbonyl (C=O) groups is 2. The SMILES string of the molecule is COCCC(=O)N1CCN(c2nc(C3CC3)c(-c3ccc(OC)c(NC=O)c3)cc2C#N)CC1C. The third-order valence-corrected chi connectivity index (χ3v) is 6.61. The van der Waals surface area contributed by atoms with Crippen LogP contribution in [0.4, 0.5) is 11.5 Å². The van der Waals surface area contributed by atoms with E-state index in [-0.39, 0.29) is 11.9 Å². The van der Waals surface area contributed by atoms with Crippen molar-refractivity contribution in [1.82, 2.24) is 9.88 Å². The minimum absolute atomic E-state index is 0.00376. The van der Waals surface area contributed by atoms with E-state index in [2.05, 4.69) is 16.3 Å². The number of pyridine rings is 1. The maximum absolute atomic E-state index is 12.5. The predicted octanol–water partition coefficient (Wildman–Crippen LogP) is 3.15. The molecule has 1 saturated carbocycles. The summed E-state index contributed by atoms with van der Waals surface area (Å²) < 4.78 is 10.4. The Kier molecular flexibility index (Phi) is 7.51. The van der Waals surface area contributed by atoms with Gasteiger partial charge in [-0.2, -0.15) is 5.26 Å². The van der Waals surface area contributed by atoms with Crippen LogP contribution in [0.25, 0.3) is 11.1 Å². The Morgan fingerprint density at radius 1 is 1.29 bits per heavy atom. The lowest BCUT2D eigenvalue weighted by Gasteiger charge is -2.41. The highest BCUT2D eigenvalue weighted by Gasteiger charge is 2.33. The molecule has 1 saturated heterocycles. The van der Waals surface area contributed by atoms with E-state index in [1.165, 1.54) is 0 Å². The molecule has 4 rings (SSSR count). The predicted molar refractivity (Wildman–Crippen MR) is 132 cm³/mol. The van der Waals surface area contributed by atoms with Gasteiger partial charge in [0.05, 0.1) is 37.1 Å². The third kappa shape index (κ3) is 5.23. The molecule has 2 aliphatic rings. The van der Waals surface area contributed by atoms with Crippen LogP contribution in [0.15, 0.2) is 24.3 Å². The van der Waals surface area contributed by atoms with Crippen molar-refractivity contribution in [2.75, 3.05) is 50.7 Å². The number of aromatic nitrogens is 1. The molecule has 1 aromatic carbocycles. The van der Waals surface area contributed by atoms with E-state index < -0.39 is 0 Å². The Hall–Kier alpha value is -3.64. The van der Waals surface area contributed by atoms with Crippen LogP contribution in [-0.2, 0) is 14.3 Å². The number of anilines is 2. The Morgan fingerprint density at radius 3 is 2.71 bits per heavy atom. The molecule has 1 N–H and O–H groups in total. The topological polar surface area (TPSA) is 108 Å². The fourth-order valence-corrected chi connectivity index (χ4v) is 4.65. The minimum Gasteiger partial charge on any atom is -0.495 e. The van der Waals surface area contributed by atoms with Crippen molar-refractivity contribution in [2.24, 2.45) is 0 Å². The van der Waals surface area contributed by atoms with Crippen molar-refractivity contribution in [2.45, 2.75) is 38.1 Å². The smallest absolute Gasteiger partial charge is 0.225 e. The van der Waals surface area contributed by atoms with Crippen LogP contribution < -0.4 is 15.0 Å². The first-order chi connectivity index (χ1) is 17.0. The molecule has 2 fully saturated rings. The second-order valence-electron chi connectivity index (χ2n) is 8.98. The van der Waals surface area contributed by atoms with Crippen molar-refractivity contribution in [1.29, 1.82) is 5.26 Å². The van der Waals surface area contributed by atoms with Gasteiger partial charge in [0.15, 0.2) is 0 Å². The number of carbonyl (C=O) groups excluding carboxylic acids is 2. The number of amides is 2. The quantitative estimate of drug-likeness (QED) is 0.553. The van der Waals surface area contributed by atoms with Gasteiger partial charge in [0.25, 0.3) is 0 Å². The summed E-state index contributed by atoms with van der Waals surface area (Å²) in [4.78, 5) is 32.7. The average Bonchev–Trinajstić information content (AvgIpc) is 3.72. The molecule has 2 aromatic rings. The number of nitrogens with zero attached hydrogens (tertiary/aromatic N) is 4. The Bertz CT molecular complexity index is 1140. The van der Waals surface area contributed by atoms with Crippen LogP contribution in [0.2, 0.25) is 0 Å². The summed E-state index contributed by atoms with van der Waals surface area (Å²) in [6.07, 6.45) is 3.09. The number of hydrogen-bond donors (Lipinski definition) is 1. The highest BCUT2D eigenvalue weighted by Crippen LogP contribution is 2.45. The van der Waals surface area contributed by atoms with Crippen molar-refractivity contribution >= 4 is 23.8 Å². The lowest BCUT2D eigenvalue weighted by Crippen LogP contribution is -2.54. The number of nitrogens with one attached hydrogen (secondary N) is 1. The van der Waals surface area contributed by atoms with E-state index >= 15 is 0 Å². The second kappa shape index (κ2) is 10.7. The maximum atomic E-state index is 12.5. The molecule has 1 aliphatic heterocycles. The van der Waals surface area contributed by atoms with Gasteiger partial charge in [0.2, 0.25) is 12.3 Å².